The maximum Gasteiger partial charge on any atom is 0.311 e. The van der Waals surface area contributed by atoms with Crippen molar-refractivity contribution in [2.45, 2.75) is 18.8 Å². The number of hydrogen-bond acceptors (Lipinski definition) is 4. The maximum absolute atomic E-state index is 5.94. The number of nitrogens with two attached hydrogens (primary N) is 2. The van der Waals surface area contributed by atoms with Crippen molar-refractivity contribution in [1.29, 1.82) is 0 Å². The number of hydrogen-bond donors (Lipinski definition) is 2. The van der Waals surface area contributed by atoms with Gasteiger partial charge < -0.3 is 14.9 Å². The van der Waals surface area contributed by atoms with Gasteiger partial charge in [-0.3, -0.25) is 5.73 Å². The van der Waals surface area contributed by atoms with E-state index in [0.717, 1.165) is 11.0 Å². The Kier molecular flexibility index (Phi) is 2.04. The van der Waals surface area contributed by atoms with Crippen molar-refractivity contribution in [3.63, 3.8) is 0 Å². The van der Waals surface area contributed by atoms with Gasteiger partial charge in [0.1, 0.15) is 18.0 Å². The highest BCUT2D eigenvalue weighted by molar-refractivity contribution is 5.93. The lowest BCUT2D eigenvalue weighted by Crippen LogP contribution is -2.07. The fourth-order valence-electron chi connectivity index (χ4n) is 1.97. The fraction of sp³-hybridized carbons (Fsp3) is 0.333. The van der Waals surface area contributed by atoms with E-state index in [1.54, 1.807) is 0 Å². The fourth-order valence-corrected chi connectivity index (χ4v) is 1.97. The lowest BCUT2D eigenvalue weighted by molar-refractivity contribution is 0.260. The molecule has 0 aliphatic heterocycles. The molecule has 4 heteroatoms. The summed E-state index contributed by atoms with van der Waals surface area (Å²) < 4.78 is 10.6. The van der Waals surface area contributed by atoms with Crippen LogP contribution >= 0.6 is 0 Å². The van der Waals surface area contributed by atoms with Gasteiger partial charge in [-0.25, -0.2) is 0 Å². The summed E-state index contributed by atoms with van der Waals surface area (Å²) in [5.74, 6) is 1.03. The zero-order valence-electron chi connectivity index (χ0n) is 8.90. The first kappa shape index (κ1) is 9.54. The Bertz CT molecular complexity index is 529. The summed E-state index contributed by atoms with van der Waals surface area (Å²) in [6.07, 6.45) is 2.55. The van der Waals surface area contributed by atoms with Crippen molar-refractivity contribution in [2.24, 2.45) is 5.73 Å². The summed E-state index contributed by atoms with van der Waals surface area (Å²) in [5, 5.41) is 0.924. The van der Waals surface area contributed by atoms with Gasteiger partial charge in [-0.15, -0.1) is 0 Å². The second kappa shape index (κ2) is 3.42. The topological polar surface area (TPSA) is 74.4 Å². The Balaban J connectivity index is 2.10. The van der Waals surface area contributed by atoms with Crippen molar-refractivity contribution < 1.29 is 9.15 Å². The van der Waals surface area contributed by atoms with Crippen molar-refractivity contribution in [2.75, 3.05) is 12.5 Å². The highest BCUT2D eigenvalue weighted by atomic mass is 16.6. The summed E-state index contributed by atoms with van der Waals surface area (Å²) in [7, 11) is 0. The average Bonchev–Trinajstić information content (AvgIpc) is 3.08. The van der Waals surface area contributed by atoms with Crippen LogP contribution in [-0.2, 0) is 0 Å². The molecule has 3 rings (SSSR count). The van der Waals surface area contributed by atoms with E-state index in [2.05, 4.69) is 12.1 Å². The summed E-state index contributed by atoms with van der Waals surface area (Å²) >= 11 is 0. The third kappa shape index (κ3) is 1.42. The van der Waals surface area contributed by atoms with Gasteiger partial charge in [0.25, 0.3) is 0 Å². The highest BCUT2D eigenvalue weighted by Gasteiger charge is 2.24. The molecule has 4 nitrogen and oxygen atoms in total. The van der Waals surface area contributed by atoms with Gasteiger partial charge in [0, 0.05) is 5.39 Å². The van der Waals surface area contributed by atoms with Crippen LogP contribution in [0.3, 0.4) is 0 Å². The molecular formula is C12H14N2O2. The minimum absolute atomic E-state index is 0.0690. The largest absolute Gasteiger partial charge is 0.448 e. The van der Waals surface area contributed by atoms with E-state index >= 15 is 0 Å². The number of benzene rings is 1. The molecular weight excluding hydrogens is 204 g/mol. The van der Waals surface area contributed by atoms with Crippen LogP contribution in [0.1, 0.15) is 24.3 Å². The van der Waals surface area contributed by atoms with E-state index in [-0.39, 0.29) is 6.73 Å². The molecule has 2 aromatic rings. The van der Waals surface area contributed by atoms with E-state index in [4.69, 9.17) is 20.6 Å². The molecule has 0 saturated heterocycles. The molecule has 0 atom stereocenters. The van der Waals surface area contributed by atoms with Gasteiger partial charge in [-0.2, -0.15) is 0 Å². The molecule has 1 aliphatic carbocycles. The summed E-state index contributed by atoms with van der Waals surface area (Å²) in [6.45, 7) is 0.0690. The van der Waals surface area contributed by atoms with E-state index in [1.807, 2.05) is 6.07 Å². The number of furan rings is 1. The van der Waals surface area contributed by atoms with Crippen molar-refractivity contribution >= 4 is 16.7 Å². The van der Waals surface area contributed by atoms with Crippen LogP contribution in [0.15, 0.2) is 22.6 Å². The molecule has 1 heterocycles. The van der Waals surface area contributed by atoms with Gasteiger partial charge in [0.2, 0.25) is 0 Å². The molecule has 1 fully saturated rings. The Morgan fingerprint density at radius 1 is 1.38 bits per heavy atom. The highest BCUT2D eigenvalue weighted by Crippen LogP contribution is 2.43. The standard InChI is InChI=1S/C12H14N2O2/c13-6-15-12-11(14)9-5-8(7-1-2-7)3-4-10(9)16-12/h3-5,7H,1-2,6,13-14H2. The summed E-state index contributed by atoms with van der Waals surface area (Å²) in [4.78, 5) is 0. The molecule has 0 bridgehead atoms. The molecule has 1 aliphatic rings. The van der Waals surface area contributed by atoms with Crippen LogP contribution in [0.4, 0.5) is 5.69 Å². The first-order valence-electron chi connectivity index (χ1n) is 5.44. The number of rotatable bonds is 3. The smallest absolute Gasteiger partial charge is 0.311 e. The van der Waals surface area contributed by atoms with Crippen LogP contribution in [-0.4, -0.2) is 6.73 Å². The third-order valence-electron chi connectivity index (χ3n) is 2.98. The minimum Gasteiger partial charge on any atom is -0.448 e. The predicted molar refractivity (Wildman–Crippen MR) is 62.3 cm³/mol. The number of anilines is 1. The van der Waals surface area contributed by atoms with Gasteiger partial charge >= 0.3 is 5.95 Å². The molecule has 0 radical (unpaired) electrons. The first-order valence-corrected chi connectivity index (χ1v) is 5.44. The molecule has 0 unspecified atom stereocenters. The Labute approximate surface area is 93.2 Å². The SMILES string of the molecule is NCOc1oc2ccc(C3CC3)cc2c1N. The van der Waals surface area contributed by atoms with E-state index < -0.39 is 0 Å². The second-order valence-corrected chi connectivity index (χ2v) is 4.14. The van der Waals surface area contributed by atoms with E-state index in [9.17, 15) is 0 Å². The maximum atomic E-state index is 5.94. The molecule has 0 spiro atoms. The van der Waals surface area contributed by atoms with Crippen molar-refractivity contribution in [3.8, 4) is 5.95 Å². The van der Waals surface area contributed by atoms with Gasteiger partial charge in [-0.1, -0.05) is 6.07 Å². The molecule has 4 N–H and O–H groups in total. The van der Waals surface area contributed by atoms with Gasteiger partial charge in [0.15, 0.2) is 0 Å². The first-order chi connectivity index (χ1) is 7.79. The lowest BCUT2D eigenvalue weighted by Gasteiger charge is -1.97. The summed E-state index contributed by atoms with van der Waals surface area (Å²) in [5.41, 5.74) is 13.9. The van der Waals surface area contributed by atoms with Crippen LogP contribution in [0.5, 0.6) is 5.95 Å². The third-order valence-corrected chi connectivity index (χ3v) is 2.98. The molecule has 0 amide bonds. The van der Waals surface area contributed by atoms with Crippen LogP contribution in [0, 0.1) is 0 Å². The second-order valence-electron chi connectivity index (χ2n) is 4.14. The number of nitrogen functional groups attached to an aromatic ring is 1. The molecule has 1 aromatic heterocycles. The number of fused-ring (bicyclic) bond motifs is 1. The molecule has 16 heavy (non-hydrogen) atoms. The zero-order chi connectivity index (χ0) is 11.1. The van der Waals surface area contributed by atoms with E-state index in [0.29, 0.717) is 17.6 Å². The molecule has 1 saturated carbocycles. The van der Waals surface area contributed by atoms with Crippen LogP contribution in [0.2, 0.25) is 0 Å². The Hall–Kier alpha value is -1.68. The molecule has 1 aromatic carbocycles. The Morgan fingerprint density at radius 2 is 2.19 bits per heavy atom. The number of ether oxygens (including phenoxy) is 1. The lowest BCUT2D eigenvalue weighted by atomic mass is 10.1. The van der Waals surface area contributed by atoms with Crippen LogP contribution < -0.4 is 16.2 Å². The minimum atomic E-state index is 0.0690. The summed E-state index contributed by atoms with van der Waals surface area (Å²) in [6, 6.07) is 6.13. The van der Waals surface area contributed by atoms with Crippen molar-refractivity contribution in [3.05, 3.63) is 23.8 Å². The Morgan fingerprint density at radius 3 is 2.88 bits per heavy atom. The normalized spacial score (nSPS) is 15.6. The van der Waals surface area contributed by atoms with Crippen molar-refractivity contribution in [1.82, 2.24) is 0 Å². The quantitative estimate of drug-likeness (QED) is 0.774. The van der Waals surface area contributed by atoms with E-state index in [1.165, 1.54) is 18.4 Å². The average molecular weight is 218 g/mol. The van der Waals surface area contributed by atoms with Crippen LogP contribution in [0.25, 0.3) is 11.0 Å². The van der Waals surface area contributed by atoms with Gasteiger partial charge in [0.05, 0.1) is 0 Å². The molecule has 84 valence electrons. The monoisotopic (exact) mass is 218 g/mol. The zero-order valence-corrected chi connectivity index (χ0v) is 8.90. The van der Waals surface area contributed by atoms with Gasteiger partial charge in [-0.05, 0) is 36.5 Å². The predicted octanol–water partition coefficient (Wildman–Crippen LogP) is 2.19.